The number of carbonyl (C=O) groups excluding carboxylic acids is 1. The van der Waals surface area contributed by atoms with Crippen LogP contribution in [-0.4, -0.2) is 36.5 Å². The Balaban J connectivity index is 1.95. The lowest BCUT2D eigenvalue weighted by Gasteiger charge is -2.36. The van der Waals surface area contributed by atoms with Gasteiger partial charge in [-0.25, -0.2) is 4.39 Å². The van der Waals surface area contributed by atoms with Gasteiger partial charge in [0.25, 0.3) is 0 Å². The lowest BCUT2D eigenvalue weighted by Crippen LogP contribution is -2.46. The molecule has 1 atom stereocenters. The average Bonchev–Trinajstić information content (AvgIpc) is 2.49. The fourth-order valence-corrected chi connectivity index (χ4v) is 3.05. The van der Waals surface area contributed by atoms with Crippen LogP contribution in [0.5, 0.6) is 0 Å². The van der Waals surface area contributed by atoms with Crippen LogP contribution >= 0.6 is 11.6 Å². The molecule has 1 amide bonds. The van der Waals surface area contributed by atoms with Crippen LogP contribution in [0.1, 0.15) is 31.2 Å². The van der Waals surface area contributed by atoms with Gasteiger partial charge in [-0.1, -0.05) is 24.1 Å². The van der Waals surface area contributed by atoms with Crippen molar-refractivity contribution in [1.82, 2.24) is 10.2 Å². The minimum atomic E-state index is -0.321. The first kappa shape index (κ1) is 17.2. The highest BCUT2D eigenvalue weighted by atomic mass is 35.5. The fraction of sp³-hybridized carbons (Fsp3) is 0.562. The number of hydrogen-bond acceptors (Lipinski definition) is 3. The Bertz CT molecular complexity index is 512. The molecule has 0 aliphatic carbocycles. The van der Waals surface area contributed by atoms with Crippen molar-refractivity contribution in [3.63, 3.8) is 0 Å². The van der Waals surface area contributed by atoms with E-state index in [1.54, 1.807) is 6.07 Å². The number of piperidine rings is 1. The molecule has 0 aromatic heterocycles. The largest absolute Gasteiger partial charge is 0.354 e. The molecule has 0 bridgehead atoms. The van der Waals surface area contributed by atoms with Crippen LogP contribution in [-0.2, 0) is 11.3 Å². The van der Waals surface area contributed by atoms with E-state index in [4.69, 9.17) is 17.3 Å². The Morgan fingerprint density at radius 3 is 3.00 bits per heavy atom. The standard InChI is InChI=1S/C16H23ClFN3O/c17-15-9-13(18)5-4-12(15)11-21-8-2-1-3-14(21)10-20-16(22)6-7-19/h4-5,9,14H,1-3,6-8,10-11,19H2,(H,20,22). The monoisotopic (exact) mass is 327 g/mol. The number of carbonyl (C=O) groups is 1. The summed E-state index contributed by atoms with van der Waals surface area (Å²) in [4.78, 5) is 13.9. The summed E-state index contributed by atoms with van der Waals surface area (Å²) < 4.78 is 13.1. The van der Waals surface area contributed by atoms with E-state index in [2.05, 4.69) is 10.2 Å². The maximum absolute atomic E-state index is 13.1. The second-order valence-corrected chi connectivity index (χ2v) is 6.11. The number of nitrogens with zero attached hydrogens (tertiary/aromatic N) is 1. The molecular weight excluding hydrogens is 305 g/mol. The summed E-state index contributed by atoms with van der Waals surface area (Å²) in [5, 5.41) is 3.39. The topological polar surface area (TPSA) is 58.4 Å². The third-order valence-corrected chi connectivity index (χ3v) is 4.40. The van der Waals surface area contributed by atoms with Gasteiger partial charge >= 0.3 is 0 Å². The van der Waals surface area contributed by atoms with Crippen LogP contribution in [0.2, 0.25) is 5.02 Å². The second-order valence-electron chi connectivity index (χ2n) is 5.70. The molecule has 0 radical (unpaired) electrons. The minimum absolute atomic E-state index is 0.00663. The molecule has 3 N–H and O–H groups in total. The van der Waals surface area contributed by atoms with Crippen molar-refractivity contribution < 1.29 is 9.18 Å². The van der Waals surface area contributed by atoms with Gasteiger partial charge in [-0.15, -0.1) is 0 Å². The lowest BCUT2D eigenvalue weighted by molar-refractivity contribution is -0.121. The second kappa shape index (κ2) is 8.46. The fourth-order valence-electron chi connectivity index (χ4n) is 2.82. The molecule has 0 spiro atoms. The maximum Gasteiger partial charge on any atom is 0.221 e. The highest BCUT2D eigenvalue weighted by Crippen LogP contribution is 2.23. The third kappa shape index (κ3) is 4.93. The first-order valence-corrected chi connectivity index (χ1v) is 8.12. The first-order valence-electron chi connectivity index (χ1n) is 7.75. The molecule has 4 nitrogen and oxygen atoms in total. The summed E-state index contributed by atoms with van der Waals surface area (Å²) >= 11 is 6.11. The summed E-state index contributed by atoms with van der Waals surface area (Å²) in [5.74, 6) is -0.328. The van der Waals surface area contributed by atoms with Gasteiger partial charge in [0.2, 0.25) is 5.91 Å². The van der Waals surface area contributed by atoms with Crippen molar-refractivity contribution in [3.05, 3.63) is 34.6 Å². The van der Waals surface area contributed by atoms with Crippen molar-refractivity contribution in [3.8, 4) is 0 Å². The number of likely N-dealkylation sites (tertiary alicyclic amines) is 1. The Morgan fingerprint density at radius 1 is 1.45 bits per heavy atom. The van der Waals surface area contributed by atoms with Crippen LogP contribution in [0, 0.1) is 5.82 Å². The van der Waals surface area contributed by atoms with Gasteiger partial charge in [0.05, 0.1) is 0 Å². The quantitative estimate of drug-likeness (QED) is 0.843. The SMILES string of the molecule is NCCC(=O)NCC1CCCCN1Cc1ccc(F)cc1Cl. The van der Waals surface area contributed by atoms with E-state index in [-0.39, 0.29) is 17.8 Å². The highest BCUT2D eigenvalue weighted by Gasteiger charge is 2.23. The van der Waals surface area contributed by atoms with Gasteiger partial charge in [-0.2, -0.15) is 0 Å². The lowest BCUT2D eigenvalue weighted by atomic mass is 10.0. The molecular formula is C16H23ClFN3O. The molecule has 1 aliphatic rings. The smallest absolute Gasteiger partial charge is 0.221 e. The predicted octanol–water partition coefficient (Wildman–Crippen LogP) is 2.30. The third-order valence-electron chi connectivity index (χ3n) is 4.04. The van der Waals surface area contributed by atoms with E-state index in [0.29, 0.717) is 31.1 Å². The molecule has 1 aromatic rings. The van der Waals surface area contributed by atoms with Crippen molar-refractivity contribution in [2.24, 2.45) is 5.73 Å². The molecule has 1 fully saturated rings. The molecule has 122 valence electrons. The summed E-state index contributed by atoms with van der Waals surface area (Å²) in [6.07, 6.45) is 3.69. The first-order chi connectivity index (χ1) is 10.6. The van der Waals surface area contributed by atoms with Gasteiger partial charge in [-0.05, 0) is 37.1 Å². The van der Waals surface area contributed by atoms with Gasteiger partial charge in [0, 0.05) is 37.1 Å². The predicted molar refractivity (Wildman–Crippen MR) is 86.1 cm³/mol. The zero-order valence-corrected chi connectivity index (χ0v) is 13.4. The molecule has 6 heteroatoms. The molecule has 1 aromatic carbocycles. The Kier molecular flexibility index (Phi) is 6.61. The number of benzene rings is 1. The number of amides is 1. The summed E-state index contributed by atoms with van der Waals surface area (Å²) in [5.41, 5.74) is 6.30. The number of hydrogen-bond donors (Lipinski definition) is 2. The zero-order chi connectivity index (χ0) is 15.9. The number of nitrogens with two attached hydrogens (primary N) is 1. The average molecular weight is 328 g/mol. The van der Waals surface area contributed by atoms with E-state index in [1.165, 1.54) is 12.1 Å². The molecule has 22 heavy (non-hydrogen) atoms. The van der Waals surface area contributed by atoms with Crippen molar-refractivity contribution in [2.75, 3.05) is 19.6 Å². The van der Waals surface area contributed by atoms with Gasteiger partial charge in [0.15, 0.2) is 0 Å². The Morgan fingerprint density at radius 2 is 2.27 bits per heavy atom. The van der Waals surface area contributed by atoms with E-state index < -0.39 is 0 Å². The van der Waals surface area contributed by atoms with E-state index in [1.807, 2.05) is 0 Å². The molecule has 1 heterocycles. The summed E-state index contributed by atoms with van der Waals surface area (Å²) in [7, 11) is 0. The normalized spacial score (nSPS) is 19.1. The molecule has 1 aliphatic heterocycles. The van der Waals surface area contributed by atoms with E-state index in [9.17, 15) is 9.18 Å². The molecule has 2 rings (SSSR count). The number of rotatable bonds is 6. The van der Waals surface area contributed by atoms with Crippen LogP contribution in [0.4, 0.5) is 4.39 Å². The summed E-state index contributed by atoms with van der Waals surface area (Å²) in [6.45, 7) is 2.63. The number of halogens is 2. The zero-order valence-electron chi connectivity index (χ0n) is 12.7. The maximum atomic E-state index is 13.1. The van der Waals surface area contributed by atoms with Gasteiger partial charge in [0.1, 0.15) is 5.82 Å². The van der Waals surface area contributed by atoms with Crippen molar-refractivity contribution in [1.29, 1.82) is 0 Å². The van der Waals surface area contributed by atoms with Crippen LogP contribution in [0.15, 0.2) is 18.2 Å². The summed E-state index contributed by atoms with van der Waals surface area (Å²) in [6, 6.07) is 4.80. The molecule has 1 unspecified atom stereocenters. The molecule has 0 saturated carbocycles. The van der Waals surface area contributed by atoms with Crippen molar-refractivity contribution >= 4 is 17.5 Å². The Hall–Kier alpha value is -1.17. The van der Waals surface area contributed by atoms with Crippen LogP contribution < -0.4 is 11.1 Å². The number of nitrogens with one attached hydrogen (secondary N) is 1. The van der Waals surface area contributed by atoms with Gasteiger partial charge in [-0.3, -0.25) is 9.69 Å². The van der Waals surface area contributed by atoms with Crippen molar-refractivity contribution in [2.45, 2.75) is 38.3 Å². The highest BCUT2D eigenvalue weighted by molar-refractivity contribution is 6.31. The van der Waals surface area contributed by atoms with Crippen LogP contribution in [0.3, 0.4) is 0 Å². The van der Waals surface area contributed by atoms with Gasteiger partial charge < -0.3 is 11.1 Å². The minimum Gasteiger partial charge on any atom is -0.354 e. The van der Waals surface area contributed by atoms with E-state index in [0.717, 1.165) is 31.4 Å². The Labute approximate surface area is 135 Å². The van der Waals surface area contributed by atoms with E-state index >= 15 is 0 Å². The molecule has 1 saturated heterocycles. The van der Waals surface area contributed by atoms with Crippen LogP contribution in [0.25, 0.3) is 0 Å².